The monoisotopic (exact) mass is 431 g/mol. The molecule has 10 heteroatoms. The summed E-state index contributed by atoms with van der Waals surface area (Å²) in [5.41, 5.74) is 6.61. The number of carboxylic acid groups (broad SMARTS) is 1. The Morgan fingerprint density at radius 2 is 1.74 bits per heavy atom. The number of nitrogens with one attached hydrogen (secondary N) is 1. The zero-order chi connectivity index (χ0) is 23.3. The van der Waals surface area contributed by atoms with E-state index in [0.717, 1.165) is 6.21 Å². The Morgan fingerprint density at radius 3 is 2.23 bits per heavy atom. The molecule has 8 N–H and O–H groups in total. The van der Waals surface area contributed by atoms with E-state index in [9.17, 15) is 34.7 Å². The molecule has 0 amide bonds. The number of halogens is 1. The molecule has 2 aromatic carbocycles. The highest BCUT2D eigenvalue weighted by Gasteiger charge is 2.58. The zero-order valence-electron chi connectivity index (χ0n) is 16.7. The summed E-state index contributed by atoms with van der Waals surface area (Å²) in [5.74, 6) is -10.9. The van der Waals surface area contributed by atoms with E-state index in [1.54, 1.807) is 13.8 Å². The highest BCUT2D eigenvalue weighted by molar-refractivity contribution is 5.98. The van der Waals surface area contributed by atoms with Crippen LogP contribution in [0.5, 0.6) is 0 Å². The van der Waals surface area contributed by atoms with Gasteiger partial charge in [-0.3, -0.25) is 0 Å². The molecule has 0 saturated carbocycles. The number of aliphatic hydroxyl groups is 4. The maximum Gasteiger partial charge on any atom is 0.370 e. The lowest BCUT2D eigenvalue weighted by atomic mass is 9.90. The van der Waals surface area contributed by atoms with Gasteiger partial charge in [-0.25, -0.2) is 9.18 Å². The van der Waals surface area contributed by atoms with Gasteiger partial charge in [0.05, 0.1) is 5.52 Å². The Bertz CT molecular complexity index is 1180. The van der Waals surface area contributed by atoms with Gasteiger partial charge in [0.25, 0.3) is 5.79 Å². The highest BCUT2D eigenvalue weighted by Crippen LogP contribution is 2.43. The Balaban J connectivity index is 2.57. The van der Waals surface area contributed by atoms with Crippen molar-refractivity contribution in [1.82, 2.24) is 4.57 Å². The Labute approximate surface area is 175 Å². The van der Waals surface area contributed by atoms with E-state index in [-0.39, 0.29) is 27.8 Å². The van der Waals surface area contributed by atoms with E-state index in [2.05, 4.69) is 0 Å². The predicted molar refractivity (Wildman–Crippen MR) is 111 cm³/mol. The van der Waals surface area contributed by atoms with Crippen molar-refractivity contribution >= 4 is 28.8 Å². The number of rotatable bonds is 6. The van der Waals surface area contributed by atoms with Crippen LogP contribution in [-0.4, -0.2) is 48.1 Å². The van der Waals surface area contributed by atoms with Gasteiger partial charge >= 0.3 is 11.8 Å². The van der Waals surface area contributed by atoms with Crippen LogP contribution in [0.1, 0.15) is 36.6 Å². The summed E-state index contributed by atoms with van der Waals surface area (Å²) >= 11 is 0. The van der Waals surface area contributed by atoms with Crippen molar-refractivity contribution in [2.45, 2.75) is 31.3 Å². The van der Waals surface area contributed by atoms with E-state index in [4.69, 9.17) is 11.1 Å². The number of anilines is 1. The minimum Gasteiger partial charge on any atom is -0.477 e. The van der Waals surface area contributed by atoms with Crippen LogP contribution in [0.4, 0.5) is 10.1 Å². The van der Waals surface area contributed by atoms with Crippen LogP contribution in [0.2, 0.25) is 0 Å². The minimum atomic E-state index is -3.96. The molecule has 1 heterocycles. The van der Waals surface area contributed by atoms with Crippen LogP contribution in [0.3, 0.4) is 0 Å². The van der Waals surface area contributed by atoms with Crippen molar-refractivity contribution in [1.29, 1.82) is 5.41 Å². The number of aliphatic carboxylic acids is 1. The van der Waals surface area contributed by atoms with Gasteiger partial charge in [0.2, 0.25) is 0 Å². The third-order valence-corrected chi connectivity index (χ3v) is 5.13. The van der Waals surface area contributed by atoms with Gasteiger partial charge in [-0.05, 0) is 42.3 Å². The lowest BCUT2D eigenvalue weighted by Gasteiger charge is -2.33. The van der Waals surface area contributed by atoms with E-state index >= 15 is 0 Å². The van der Waals surface area contributed by atoms with Crippen LogP contribution in [0.15, 0.2) is 36.4 Å². The smallest absolute Gasteiger partial charge is 0.370 e. The number of aromatic nitrogens is 1. The average molecular weight is 431 g/mol. The molecular weight excluding hydrogens is 409 g/mol. The van der Waals surface area contributed by atoms with Crippen molar-refractivity contribution in [2.75, 3.05) is 5.73 Å². The van der Waals surface area contributed by atoms with E-state index in [0.29, 0.717) is 5.69 Å². The number of fused-ring (bicyclic) bond motifs is 1. The molecule has 0 radical (unpaired) electrons. The number of hydrogen-bond donors (Lipinski definition) is 7. The largest absolute Gasteiger partial charge is 0.477 e. The molecule has 3 rings (SSSR count). The Morgan fingerprint density at radius 1 is 1.16 bits per heavy atom. The molecule has 31 heavy (non-hydrogen) atoms. The molecular formula is C21H22FN3O6. The van der Waals surface area contributed by atoms with Gasteiger partial charge in [-0.15, -0.1) is 0 Å². The number of carbonyl (C=O) groups is 1. The van der Waals surface area contributed by atoms with Crippen molar-refractivity contribution in [2.24, 2.45) is 0 Å². The zero-order valence-corrected chi connectivity index (χ0v) is 16.7. The summed E-state index contributed by atoms with van der Waals surface area (Å²) in [4.78, 5) is 11.4. The standard InChI is InChI=1S/C21H22FN3O6/c1-10(2)18-17(20(28,29)21(30,31)19(26)27)14-8-15(24)11(9-23)7-16(14)25(18)13-5-3-12(22)4-6-13/h3-10,23,28-31H,24H2,1-2H3,(H,26,27). The summed E-state index contributed by atoms with van der Waals surface area (Å²) < 4.78 is 15.0. The second-order valence-electron chi connectivity index (χ2n) is 7.52. The first kappa shape index (κ1) is 22.4. The Kier molecular flexibility index (Phi) is 5.36. The van der Waals surface area contributed by atoms with Gasteiger partial charge in [-0.1, -0.05) is 13.8 Å². The summed E-state index contributed by atoms with van der Waals surface area (Å²) in [6, 6.07) is 7.96. The number of nitrogen functional groups attached to an aromatic ring is 1. The van der Waals surface area contributed by atoms with Gasteiger partial charge in [0.15, 0.2) is 0 Å². The first-order valence-electron chi connectivity index (χ1n) is 9.22. The first-order chi connectivity index (χ1) is 14.3. The van der Waals surface area contributed by atoms with Crippen molar-refractivity contribution in [3.05, 3.63) is 59.0 Å². The molecule has 0 unspecified atom stereocenters. The quantitative estimate of drug-likeness (QED) is 0.175. The molecule has 0 aliphatic heterocycles. The number of hydrogen-bond acceptors (Lipinski definition) is 7. The summed E-state index contributed by atoms with van der Waals surface area (Å²) in [7, 11) is 0. The fourth-order valence-corrected chi connectivity index (χ4v) is 3.62. The van der Waals surface area contributed by atoms with Gasteiger partial charge in [-0.2, -0.15) is 0 Å². The molecule has 0 bridgehead atoms. The normalized spacial score (nSPS) is 12.5. The minimum absolute atomic E-state index is 0.0230. The SMILES string of the molecule is CC(C)c1c(C(O)(O)C(O)(O)C(=O)O)c2cc(N)c(C=N)cc2n1-c1ccc(F)cc1. The molecule has 0 spiro atoms. The van der Waals surface area contributed by atoms with E-state index < -0.39 is 34.8 Å². The molecule has 164 valence electrons. The molecule has 3 aromatic rings. The number of nitrogens with zero attached hydrogens (tertiary/aromatic N) is 1. The van der Waals surface area contributed by atoms with Gasteiger partial charge in [0.1, 0.15) is 5.82 Å². The van der Waals surface area contributed by atoms with Crippen molar-refractivity contribution in [3.63, 3.8) is 0 Å². The number of nitrogens with two attached hydrogens (primary N) is 1. The third kappa shape index (κ3) is 3.35. The highest BCUT2D eigenvalue weighted by atomic mass is 19.1. The first-order valence-corrected chi connectivity index (χ1v) is 9.22. The molecule has 0 saturated heterocycles. The van der Waals surface area contributed by atoms with Crippen LogP contribution in [0, 0.1) is 11.2 Å². The van der Waals surface area contributed by atoms with Crippen molar-refractivity contribution < 1.29 is 34.7 Å². The second kappa shape index (κ2) is 7.43. The van der Waals surface area contributed by atoms with Gasteiger partial charge in [0, 0.05) is 39.8 Å². The molecule has 0 fully saturated rings. The van der Waals surface area contributed by atoms with E-state index in [1.807, 2.05) is 0 Å². The molecule has 0 atom stereocenters. The maximum atomic E-state index is 13.5. The third-order valence-electron chi connectivity index (χ3n) is 5.13. The Hall–Kier alpha value is -3.31. The lowest BCUT2D eigenvalue weighted by Crippen LogP contribution is -2.57. The van der Waals surface area contributed by atoms with Crippen molar-refractivity contribution in [3.8, 4) is 5.69 Å². The fraction of sp³-hybridized carbons (Fsp3) is 0.238. The number of carboxylic acids is 1. The summed E-state index contributed by atoms with van der Waals surface area (Å²) in [6.45, 7) is 3.35. The van der Waals surface area contributed by atoms with E-state index in [1.165, 1.54) is 41.0 Å². The van der Waals surface area contributed by atoms with Crippen LogP contribution in [0.25, 0.3) is 16.6 Å². The average Bonchev–Trinajstić information content (AvgIpc) is 3.02. The van der Waals surface area contributed by atoms with Crippen LogP contribution < -0.4 is 5.73 Å². The number of benzene rings is 2. The molecule has 0 aliphatic carbocycles. The topological polar surface area (TPSA) is 173 Å². The lowest BCUT2D eigenvalue weighted by molar-refractivity contribution is -0.352. The molecule has 1 aromatic heterocycles. The summed E-state index contributed by atoms with van der Waals surface area (Å²) in [5, 5.41) is 58.4. The maximum absolute atomic E-state index is 13.5. The predicted octanol–water partition coefficient (Wildman–Crippen LogP) is 1.38. The summed E-state index contributed by atoms with van der Waals surface area (Å²) in [6.07, 6.45) is 0.982. The van der Waals surface area contributed by atoms with Crippen LogP contribution >= 0.6 is 0 Å². The molecule has 0 aliphatic rings. The van der Waals surface area contributed by atoms with Gasteiger partial charge < -0.3 is 41.2 Å². The molecule has 9 nitrogen and oxygen atoms in total. The van der Waals surface area contributed by atoms with Crippen LogP contribution in [-0.2, 0) is 10.6 Å². The fourth-order valence-electron chi connectivity index (χ4n) is 3.62. The second-order valence-corrected chi connectivity index (χ2v) is 7.52.